The Balaban J connectivity index is 1.76. The number of ether oxygens (including phenoxy) is 1. The van der Waals surface area contributed by atoms with E-state index in [-0.39, 0.29) is 12.3 Å². The molecule has 0 fully saturated rings. The van der Waals surface area contributed by atoms with Crippen LogP contribution in [0, 0.1) is 0 Å². The van der Waals surface area contributed by atoms with Gasteiger partial charge in [0.1, 0.15) is 0 Å². The molecule has 0 saturated heterocycles. The minimum Gasteiger partial charge on any atom is -0.481 e. The fourth-order valence-electron chi connectivity index (χ4n) is 4.24. The predicted molar refractivity (Wildman–Crippen MR) is 143 cm³/mol. The quantitative estimate of drug-likeness (QED) is 0.294. The van der Waals surface area contributed by atoms with Crippen molar-refractivity contribution >= 4 is 40.5 Å². The van der Waals surface area contributed by atoms with E-state index in [2.05, 4.69) is 15.5 Å². The van der Waals surface area contributed by atoms with Gasteiger partial charge >= 0.3 is 11.9 Å². The van der Waals surface area contributed by atoms with E-state index in [0.29, 0.717) is 34.5 Å². The number of carbonyl (C=O) groups is 3. The highest BCUT2D eigenvalue weighted by atomic mass is 16.5. The van der Waals surface area contributed by atoms with E-state index in [0.717, 1.165) is 28.9 Å². The van der Waals surface area contributed by atoms with Crippen LogP contribution in [-0.2, 0) is 27.3 Å². The SMILES string of the molecule is COC(=O)c1ccc2c(c1)NC(=O)C2=C(Nc1ccc(CN(C)C)cc1)c1ccc(CCC(=O)O)cc1. The molecule has 0 atom stereocenters. The Morgan fingerprint density at radius 1 is 0.946 bits per heavy atom. The molecule has 0 bridgehead atoms. The molecule has 3 aromatic rings. The van der Waals surface area contributed by atoms with Gasteiger partial charge in [-0.25, -0.2) is 4.79 Å². The summed E-state index contributed by atoms with van der Waals surface area (Å²) in [5.41, 5.74) is 6.22. The van der Waals surface area contributed by atoms with E-state index >= 15 is 0 Å². The van der Waals surface area contributed by atoms with Crippen LogP contribution in [-0.4, -0.2) is 49.1 Å². The van der Waals surface area contributed by atoms with Gasteiger partial charge in [-0.15, -0.1) is 0 Å². The second kappa shape index (κ2) is 11.1. The molecule has 8 heteroatoms. The van der Waals surface area contributed by atoms with Crippen LogP contribution in [0.25, 0.3) is 11.3 Å². The van der Waals surface area contributed by atoms with Crippen molar-refractivity contribution in [3.63, 3.8) is 0 Å². The van der Waals surface area contributed by atoms with Crippen LogP contribution in [0.2, 0.25) is 0 Å². The van der Waals surface area contributed by atoms with Crippen molar-refractivity contribution in [2.75, 3.05) is 31.8 Å². The van der Waals surface area contributed by atoms with Crippen LogP contribution in [0.5, 0.6) is 0 Å². The number of aryl methyl sites for hydroxylation is 1. The first-order valence-electron chi connectivity index (χ1n) is 11.9. The largest absolute Gasteiger partial charge is 0.481 e. The van der Waals surface area contributed by atoms with Crippen molar-refractivity contribution < 1.29 is 24.2 Å². The summed E-state index contributed by atoms with van der Waals surface area (Å²) in [6, 6.07) is 20.5. The number of nitrogens with one attached hydrogen (secondary N) is 2. The standard InChI is InChI=1S/C29H29N3O5/c1-32(2)17-19-6-12-22(13-7-19)30-27(20-9-4-18(5-10-20)8-15-25(33)34)26-23-14-11-21(29(36)37-3)16-24(23)31-28(26)35/h4-7,9-14,16,30H,8,15,17H2,1-3H3,(H,31,35)(H,33,34). The summed E-state index contributed by atoms with van der Waals surface area (Å²) in [4.78, 5) is 38.2. The Labute approximate surface area is 215 Å². The molecule has 1 heterocycles. The van der Waals surface area contributed by atoms with E-state index in [9.17, 15) is 14.4 Å². The molecule has 1 aliphatic rings. The summed E-state index contributed by atoms with van der Waals surface area (Å²) >= 11 is 0. The first-order valence-corrected chi connectivity index (χ1v) is 11.9. The number of hydrogen-bond donors (Lipinski definition) is 3. The van der Waals surface area contributed by atoms with E-state index in [4.69, 9.17) is 9.84 Å². The average Bonchev–Trinajstić information content (AvgIpc) is 3.21. The van der Waals surface area contributed by atoms with Gasteiger partial charge < -0.3 is 25.4 Å². The van der Waals surface area contributed by atoms with E-state index in [1.54, 1.807) is 18.2 Å². The monoisotopic (exact) mass is 499 g/mol. The molecule has 4 rings (SSSR count). The number of aliphatic carboxylic acids is 1. The van der Waals surface area contributed by atoms with E-state index in [1.807, 2.05) is 62.6 Å². The van der Waals surface area contributed by atoms with E-state index < -0.39 is 11.9 Å². The molecular formula is C29H29N3O5. The number of benzene rings is 3. The number of carbonyl (C=O) groups excluding carboxylic acids is 2. The molecule has 3 aromatic carbocycles. The van der Waals surface area contributed by atoms with Crippen LogP contribution in [0.15, 0.2) is 66.7 Å². The number of anilines is 2. The third-order valence-corrected chi connectivity index (χ3v) is 6.03. The number of methoxy groups -OCH3 is 1. The molecule has 0 aromatic heterocycles. The van der Waals surface area contributed by atoms with Crippen LogP contribution in [0.3, 0.4) is 0 Å². The topological polar surface area (TPSA) is 108 Å². The molecule has 0 spiro atoms. The first-order chi connectivity index (χ1) is 17.7. The molecule has 37 heavy (non-hydrogen) atoms. The normalized spacial score (nSPS) is 13.7. The number of fused-ring (bicyclic) bond motifs is 1. The van der Waals surface area contributed by atoms with Crippen molar-refractivity contribution in [2.24, 2.45) is 0 Å². The van der Waals surface area contributed by atoms with Gasteiger partial charge in [0.25, 0.3) is 5.91 Å². The maximum absolute atomic E-state index is 13.2. The minimum absolute atomic E-state index is 0.0448. The van der Waals surface area contributed by atoms with Gasteiger partial charge in [0.15, 0.2) is 0 Å². The molecular weight excluding hydrogens is 470 g/mol. The summed E-state index contributed by atoms with van der Waals surface area (Å²) in [5, 5.41) is 15.3. The second-order valence-electron chi connectivity index (χ2n) is 9.11. The fourth-order valence-corrected chi connectivity index (χ4v) is 4.24. The highest BCUT2D eigenvalue weighted by Gasteiger charge is 2.29. The Kier molecular flexibility index (Phi) is 7.69. The maximum atomic E-state index is 13.2. The Morgan fingerprint density at radius 2 is 1.59 bits per heavy atom. The lowest BCUT2D eigenvalue weighted by molar-refractivity contribution is -0.137. The smallest absolute Gasteiger partial charge is 0.337 e. The first kappa shape index (κ1) is 25.7. The van der Waals surface area contributed by atoms with Crippen molar-refractivity contribution in [3.05, 3.63) is 94.5 Å². The van der Waals surface area contributed by atoms with Crippen LogP contribution >= 0.6 is 0 Å². The van der Waals surface area contributed by atoms with Gasteiger partial charge in [0.2, 0.25) is 0 Å². The van der Waals surface area contributed by atoms with Gasteiger partial charge in [-0.2, -0.15) is 0 Å². The maximum Gasteiger partial charge on any atom is 0.337 e. The van der Waals surface area contributed by atoms with Gasteiger partial charge in [0.05, 0.1) is 29.6 Å². The number of carboxylic acids is 1. The Bertz CT molecular complexity index is 1360. The number of amides is 1. The number of rotatable bonds is 9. The number of esters is 1. The molecule has 1 amide bonds. The fraction of sp³-hybridized carbons (Fsp3) is 0.207. The molecule has 0 aliphatic carbocycles. The summed E-state index contributed by atoms with van der Waals surface area (Å²) in [7, 11) is 5.33. The molecule has 8 nitrogen and oxygen atoms in total. The zero-order valence-corrected chi connectivity index (χ0v) is 21.0. The lowest BCUT2D eigenvalue weighted by atomic mass is 9.97. The second-order valence-corrected chi connectivity index (χ2v) is 9.11. The Hall–Kier alpha value is -4.43. The summed E-state index contributed by atoms with van der Waals surface area (Å²) in [6.45, 7) is 0.810. The van der Waals surface area contributed by atoms with Crippen LogP contribution < -0.4 is 10.6 Å². The third kappa shape index (κ3) is 6.05. The zero-order chi connectivity index (χ0) is 26.5. The van der Waals surface area contributed by atoms with Crippen molar-refractivity contribution in [1.29, 1.82) is 0 Å². The number of nitrogens with zero attached hydrogens (tertiary/aromatic N) is 1. The summed E-state index contributed by atoms with van der Waals surface area (Å²) in [6.07, 6.45) is 0.463. The summed E-state index contributed by atoms with van der Waals surface area (Å²) in [5.74, 6) is -1.63. The van der Waals surface area contributed by atoms with Gasteiger partial charge in [-0.1, -0.05) is 42.5 Å². The molecule has 190 valence electrons. The third-order valence-electron chi connectivity index (χ3n) is 6.03. The van der Waals surface area contributed by atoms with Crippen LogP contribution in [0.1, 0.15) is 39.0 Å². The van der Waals surface area contributed by atoms with Crippen molar-refractivity contribution in [1.82, 2.24) is 4.90 Å². The van der Waals surface area contributed by atoms with Gasteiger partial charge in [0, 0.05) is 24.2 Å². The molecule has 3 N–H and O–H groups in total. The lowest BCUT2D eigenvalue weighted by Crippen LogP contribution is -2.11. The van der Waals surface area contributed by atoms with Gasteiger partial charge in [-0.05, 0) is 61.5 Å². The zero-order valence-electron chi connectivity index (χ0n) is 21.0. The van der Waals surface area contributed by atoms with Crippen molar-refractivity contribution in [2.45, 2.75) is 19.4 Å². The van der Waals surface area contributed by atoms with E-state index in [1.165, 1.54) is 7.11 Å². The molecule has 0 saturated carbocycles. The van der Waals surface area contributed by atoms with Gasteiger partial charge in [-0.3, -0.25) is 9.59 Å². The molecule has 1 aliphatic heterocycles. The predicted octanol–water partition coefficient (Wildman–Crippen LogP) is 4.48. The number of hydrogen-bond acceptors (Lipinski definition) is 6. The number of carboxylic acid groups (broad SMARTS) is 1. The van der Waals surface area contributed by atoms with Crippen molar-refractivity contribution in [3.8, 4) is 0 Å². The molecule has 0 radical (unpaired) electrons. The highest BCUT2D eigenvalue weighted by molar-refractivity contribution is 6.37. The molecule has 0 unspecified atom stereocenters. The van der Waals surface area contributed by atoms with Crippen LogP contribution in [0.4, 0.5) is 11.4 Å². The summed E-state index contributed by atoms with van der Waals surface area (Å²) < 4.78 is 4.81. The lowest BCUT2D eigenvalue weighted by Gasteiger charge is -2.16. The highest BCUT2D eigenvalue weighted by Crippen LogP contribution is 2.38. The minimum atomic E-state index is -0.850. The average molecular weight is 500 g/mol. The Morgan fingerprint density at radius 3 is 2.22 bits per heavy atom.